The molecule has 0 heterocycles. The number of benzene rings is 1. The maximum atomic E-state index is 6.00. The summed E-state index contributed by atoms with van der Waals surface area (Å²) in [4.78, 5) is 0. The van der Waals surface area contributed by atoms with E-state index < -0.39 is 0 Å². The Kier molecular flexibility index (Phi) is 6.27. The minimum absolute atomic E-state index is 0.144. The van der Waals surface area contributed by atoms with E-state index in [9.17, 15) is 0 Å². The third-order valence-electron chi connectivity index (χ3n) is 3.73. The van der Waals surface area contributed by atoms with Crippen molar-refractivity contribution in [2.45, 2.75) is 65.2 Å². The first-order valence-corrected chi connectivity index (χ1v) is 8.08. The molecule has 2 heteroatoms. The second kappa shape index (κ2) is 7.31. The predicted octanol–water partition coefficient (Wildman–Crippen LogP) is 4.66. The molecule has 0 bridgehead atoms. The van der Waals surface area contributed by atoms with E-state index >= 15 is 0 Å². The van der Waals surface area contributed by atoms with Crippen molar-refractivity contribution in [3.63, 3.8) is 0 Å². The molecule has 0 aliphatic heterocycles. The first-order valence-electron chi connectivity index (χ1n) is 8.08. The van der Waals surface area contributed by atoms with Crippen molar-refractivity contribution in [2.75, 3.05) is 20.2 Å². The largest absolute Gasteiger partial charge is 0.494 e. The van der Waals surface area contributed by atoms with Gasteiger partial charge in [-0.3, -0.25) is 0 Å². The lowest BCUT2D eigenvalue weighted by Crippen LogP contribution is -2.17. The summed E-state index contributed by atoms with van der Waals surface area (Å²) in [7, 11) is 1.99. The maximum absolute atomic E-state index is 6.00. The van der Waals surface area contributed by atoms with Gasteiger partial charge in [-0.25, -0.2) is 0 Å². The van der Waals surface area contributed by atoms with E-state index in [1.807, 2.05) is 7.05 Å². The van der Waals surface area contributed by atoms with Crippen LogP contribution in [0.3, 0.4) is 0 Å². The number of rotatable bonds is 6. The molecule has 0 spiro atoms. The second-order valence-corrected chi connectivity index (χ2v) is 7.91. The molecular formula is C19H33NO. The Bertz CT molecular complexity index is 406. The Morgan fingerprint density at radius 1 is 0.857 bits per heavy atom. The van der Waals surface area contributed by atoms with Gasteiger partial charge in [-0.2, -0.15) is 0 Å². The molecule has 2 nitrogen and oxygen atoms in total. The Labute approximate surface area is 131 Å². The van der Waals surface area contributed by atoms with Gasteiger partial charge < -0.3 is 10.1 Å². The molecule has 0 fully saturated rings. The molecule has 21 heavy (non-hydrogen) atoms. The fraction of sp³-hybridized carbons (Fsp3) is 0.684. The Hall–Kier alpha value is -1.02. The van der Waals surface area contributed by atoms with E-state index in [0.29, 0.717) is 0 Å². The van der Waals surface area contributed by atoms with Crippen LogP contribution in [-0.4, -0.2) is 20.2 Å². The topological polar surface area (TPSA) is 21.3 Å². The van der Waals surface area contributed by atoms with Crippen molar-refractivity contribution in [3.8, 4) is 5.75 Å². The van der Waals surface area contributed by atoms with Crippen molar-refractivity contribution in [2.24, 2.45) is 0 Å². The third kappa shape index (κ3) is 6.09. The Morgan fingerprint density at radius 2 is 1.38 bits per heavy atom. The van der Waals surface area contributed by atoms with Gasteiger partial charge in [0.1, 0.15) is 5.75 Å². The molecule has 0 amide bonds. The monoisotopic (exact) mass is 291 g/mol. The highest BCUT2D eigenvalue weighted by Crippen LogP contribution is 2.32. The van der Waals surface area contributed by atoms with Crippen LogP contribution < -0.4 is 10.1 Å². The number of nitrogens with one attached hydrogen (secondary N) is 1. The molecule has 120 valence electrons. The lowest BCUT2D eigenvalue weighted by atomic mass is 9.80. The number of hydrogen-bond donors (Lipinski definition) is 1. The Balaban J connectivity index is 2.88. The van der Waals surface area contributed by atoms with Crippen LogP contribution in [0.2, 0.25) is 0 Å². The average Bonchev–Trinajstić information content (AvgIpc) is 2.36. The van der Waals surface area contributed by atoms with Gasteiger partial charge in [0.2, 0.25) is 0 Å². The zero-order chi connectivity index (χ0) is 16.1. The average molecular weight is 291 g/mol. The zero-order valence-electron chi connectivity index (χ0n) is 15.0. The summed E-state index contributed by atoms with van der Waals surface area (Å²) >= 11 is 0. The molecule has 1 aromatic carbocycles. The van der Waals surface area contributed by atoms with Crippen LogP contribution in [0.25, 0.3) is 0 Å². The van der Waals surface area contributed by atoms with Gasteiger partial charge in [-0.15, -0.1) is 0 Å². The summed E-state index contributed by atoms with van der Waals surface area (Å²) in [5, 5.41) is 3.17. The summed E-state index contributed by atoms with van der Waals surface area (Å²) in [6, 6.07) is 6.73. The lowest BCUT2D eigenvalue weighted by Gasteiger charge is -2.26. The molecule has 1 rings (SSSR count). The van der Waals surface area contributed by atoms with Crippen LogP contribution in [-0.2, 0) is 10.8 Å². The summed E-state index contributed by atoms with van der Waals surface area (Å²) in [5.74, 6) is 1.01. The van der Waals surface area contributed by atoms with E-state index in [2.05, 4.69) is 65.1 Å². The van der Waals surface area contributed by atoms with Crippen LogP contribution in [0, 0.1) is 0 Å². The molecule has 1 aromatic rings. The van der Waals surface area contributed by atoms with Gasteiger partial charge in [-0.1, -0.05) is 47.6 Å². The maximum Gasteiger partial charge on any atom is 0.119 e. The molecular weight excluding hydrogens is 258 g/mol. The molecule has 1 N–H and O–H groups in total. The SMILES string of the molecule is CNCCCCOc1cc(C(C)(C)C)cc(C(C)(C)C)c1. The summed E-state index contributed by atoms with van der Waals surface area (Å²) in [6.45, 7) is 15.4. The van der Waals surface area contributed by atoms with Gasteiger partial charge in [0, 0.05) is 0 Å². The highest BCUT2D eigenvalue weighted by Gasteiger charge is 2.20. The first kappa shape index (κ1) is 18.0. The molecule has 0 aliphatic rings. The van der Waals surface area contributed by atoms with Crippen LogP contribution in [0.4, 0.5) is 0 Å². The van der Waals surface area contributed by atoms with Gasteiger partial charge in [-0.05, 0) is 60.5 Å². The predicted molar refractivity (Wildman–Crippen MR) is 92.5 cm³/mol. The molecule has 0 atom stereocenters. The number of unbranched alkanes of at least 4 members (excludes halogenated alkanes) is 1. The smallest absolute Gasteiger partial charge is 0.119 e. The highest BCUT2D eigenvalue weighted by molar-refractivity contribution is 5.40. The quantitative estimate of drug-likeness (QED) is 0.770. The van der Waals surface area contributed by atoms with Crippen LogP contribution in [0.5, 0.6) is 5.75 Å². The molecule has 0 radical (unpaired) electrons. The van der Waals surface area contributed by atoms with Crippen molar-refractivity contribution >= 4 is 0 Å². The molecule has 0 saturated heterocycles. The minimum atomic E-state index is 0.144. The summed E-state index contributed by atoms with van der Waals surface area (Å²) in [5.41, 5.74) is 2.98. The van der Waals surface area contributed by atoms with E-state index in [1.165, 1.54) is 11.1 Å². The Morgan fingerprint density at radius 3 is 1.81 bits per heavy atom. The van der Waals surface area contributed by atoms with Crippen LogP contribution in [0.15, 0.2) is 18.2 Å². The van der Waals surface area contributed by atoms with Crippen molar-refractivity contribution in [1.82, 2.24) is 5.32 Å². The fourth-order valence-electron chi connectivity index (χ4n) is 2.14. The second-order valence-electron chi connectivity index (χ2n) is 7.91. The third-order valence-corrected chi connectivity index (χ3v) is 3.73. The van der Waals surface area contributed by atoms with Crippen molar-refractivity contribution < 1.29 is 4.74 Å². The highest BCUT2D eigenvalue weighted by atomic mass is 16.5. The minimum Gasteiger partial charge on any atom is -0.494 e. The van der Waals surface area contributed by atoms with E-state index in [-0.39, 0.29) is 10.8 Å². The first-order chi connectivity index (χ1) is 9.64. The van der Waals surface area contributed by atoms with Crippen molar-refractivity contribution in [3.05, 3.63) is 29.3 Å². The fourth-order valence-corrected chi connectivity index (χ4v) is 2.14. The van der Waals surface area contributed by atoms with Gasteiger partial charge in [0.15, 0.2) is 0 Å². The summed E-state index contributed by atoms with van der Waals surface area (Å²) in [6.07, 6.45) is 2.24. The van der Waals surface area contributed by atoms with E-state index in [1.54, 1.807) is 0 Å². The van der Waals surface area contributed by atoms with Crippen LogP contribution >= 0.6 is 0 Å². The summed E-state index contributed by atoms with van der Waals surface area (Å²) < 4.78 is 6.00. The lowest BCUT2D eigenvalue weighted by molar-refractivity contribution is 0.304. The molecule has 0 aliphatic carbocycles. The van der Waals surface area contributed by atoms with Crippen molar-refractivity contribution in [1.29, 1.82) is 0 Å². The molecule has 0 aromatic heterocycles. The standard InChI is InChI=1S/C19H33NO/c1-18(2,3)15-12-16(19(4,5)6)14-17(13-15)21-11-9-8-10-20-7/h12-14,20H,8-11H2,1-7H3. The van der Waals surface area contributed by atoms with Gasteiger partial charge in [0.05, 0.1) is 6.61 Å². The zero-order valence-corrected chi connectivity index (χ0v) is 15.0. The van der Waals surface area contributed by atoms with E-state index in [0.717, 1.165) is 31.7 Å². The van der Waals surface area contributed by atoms with Gasteiger partial charge >= 0.3 is 0 Å². The van der Waals surface area contributed by atoms with E-state index in [4.69, 9.17) is 4.74 Å². The number of hydrogen-bond acceptors (Lipinski definition) is 2. The normalized spacial score (nSPS) is 12.5. The van der Waals surface area contributed by atoms with Gasteiger partial charge in [0.25, 0.3) is 0 Å². The molecule has 0 saturated carbocycles. The van der Waals surface area contributed by atoms with Crippen LogP contribution in [0.1, 0.15) is 65.5 Å². The number of ether oxygens (including phenoxy) is 1. The molecule has 0 unspecified atom stereocenters.